The van der Waals surface area contributed by atoms with Gasteiger partial charge in [-0.05, 0) is 107 Å². The summed E-state index contributed by atoms with van der Waals surface area (Å²) < 4.78 is 12.8. The average molecular weight is 607 g/mol. The quantitative estimate of drug-likeness (QED) is 0.113. The highest BCUT2D eigenvalue weighted by molar-refractivity contribution is 7.86. The van der Waals surface area contributed by atoms with E-state index in [2.05, 4.69) is 120 Å². The summed E-state index contributed by atoms with van der Waals surface area (Å²) in [6.07, 6.45) is 7.28. The summed E-state index contributed by atoms with van der Waals surface area (Å²) in [4.78, 5) is 0. The molecule has 0 aliphatic heterocycles. The Bertz CT molecular complexity index is 728. The van der Waals surface area contributed by atoms with Crippen molar-refractivity contribution in [3.63, 3.8) is 0 Å². The minimum Gasteiger partial charge on any atom is -0.376 e. The van der Waals surface area contributed by atoms with Crippen molar-refractivity contribution in [3.8, 4) is 0 Å². The normalized spacial score (nSPS) is 17.8. The van der Waals surface area contributed by atoms with Gasteiger partial charge in [-0.25, -0.2) is 0 Å². The first-order chi connectivity index (χ1) is 16.9. The molecule has 2 nitrogen and oxygen atoms in total. The van der Waals surface area contributed by atoms with Crippen molar-refractivity contribution in [1.82, 2.24) is 0 Å². The lowest BCUT2D eigenvalue weighted by atomic mass is 9.71. The highest BCUT2D eigenvalue weighted by Crippen LogP contribution is 2.46. The molecule has 0 aromatic carbocycles. The van der Waals surface area contributed by atoms with Crippen LogP contribution >= 0.6 is 34.5 Å². The number of rotatable bonds is 19. The lowest BCUT2D eigenvalue weighted by molar-refractivity contribution is -0.0612. The van der Waals surface area contributed by atoms with E-state index in [0.717, 1.165) is 58.2 Å². The van der Waals surface area contributed by atoms with Crippen molar-refractivity contribution < 1.29 is 9.47 Å². The first-order valence-corrected chi connectivity index (χ1v) is 16.9. The maximum absolute atomic E-state index is 6.50. The maximum Gasteiger partial charge on any atom is 0.0631 e. The first kappa shape index (κ1) is 40.1. The maximum atomic E-state index is 6.50. The van der Waals surface area contributed by atoms with Gasteiger partial charge in [0.2, 0.25) is 0 Å². The SMILES string of the molecule is CC(C)C(C)(C)CCOC(C)(C)CC(C)(C)CC(C)(S)CC(C)(C)CCOC(C)(C)CC(C)(C)CC(C)(P)S. The van der Waals surface area contributed by atoms with Crippen molar-refractivity contribution in [1.29, 1.82) is 0 Å². The number of ether oxygens (including phenoxy) is 2. The van der Waals surface area contributed by atoms with E-state index in [4.69, 9.17) is 34.7 Å². The summed E-state index contributed by atoms with van der Waals surface area (Å²) in [5, 5.41) is 0. The summed E-state index contributed by atoms with van der Waals surface area (Å²) in [7, 11) is 2.87. The molecule has 0 saturated heterocycles. The molecule has 0 heterocycles. The molecule has 0 aliphatic carbocycles. The van der Waals surface area contributed by atoms with Crippen LogP contribution in [0.1, 0.15) is 156 Å². The van der Waals surface area contributed by atoms with Crippen molar-refractivity contribution in [3.05, 3.63) is 0 Å². The Morgan fingerprint density at radius 1 is 0.538 bits per heavy atom. The fourth-order valence-corrected chi connectivity index (χ4v) is 9.03. The highest BCUT2D eigenvalue weighted by atomic mass is 32.1. The van der Waals surface area contributed by atoms with Gasteiger partial charge in [-0.3, -0.25) is 0 Å². The molecule has 0 spiro atoms. The number of thiol groups is 2. The molecule has 0 aliphatic rings. The van der Waals surface area contributed by atoms with Crippen molar-refractivity contribution >= 4 is 34.5 Å². The molecule has 0 N–H and O–H groups in total. The zero-order valence-corrected chi connectivity index (χ0v) is 32.2. The monoisotopic (exact) mass is 606 g/mol. The molecule has 3 atom stereocenters. The van der Waals surface area contributed by atoms with Crippen LogP contribution in [-0.4, -0.2) is 33.7 Å². The Balaban J connectivity index is 4.95. The molecule has 0 bridgehead atoms. The van der Waals surface area contributed by atoms with Crippen LogP contribution in [0.3, 0.4) is 0 Å². The molecule has 0 saturated carbocycles. The van der Waals surface area contributed by atoms with E-state index in [1.165, 1.54) is 0 Å². The molecule has 0 aromatic heterocycles. The van der Waals surface area contributed by atoms with E-state index >= 15 is 0 Å². The predicted molar refractivity (Wildman–Crippen MR) is 187 cm³/mol. The van der Waals surface area contributed by atoms with E-state index in [0.29, 0.717) is 11.3 Å². The van der Waals surface area contributed by atoms with Crippen LogP contribution in [0.15, 0.2) is 0 Å². The Morgan fingerprint density at radius 2 is 0.897 bits per heavy atom. The van der Waals surface area contributed by atoms with Gasteiger partial charge in [-0.2, -0.15) is 25.3 Å². The molecular formula is C34H71O2PS2. The van der Waals surface area contributed by atoms with E-state index in [9.17, 15) is 0 Å². The molecular weight excluding hydrogens is 535 g/mol. The zero-order chi connectivity index (χ0) is 31.4. The molecule has 0 amide bonds. The molecule has 0 radical (unpaired) electrons. The van der Waals surface area contributed by atoms with Gasteiger partial charge in [-0.1, -0.05) is 76.2 Å². The van der Waals surface area contributed by atoms with Gasteiger partial charge in [0.25, 0.3) is 0 Å². The van der Waals surface area contributed by atoms with Crippen molar-refractivity contribution in [2.45, 2.75) is 176 Å². The largest absolute Gasteiger partial charge is 0.376 e. The van der Waals surface area contributed by atoms with Crippen LogP contribution < -0.4 is 0 Å². The second-order valence-corrected chi connectivity index (χ2v) is 22.0. The third kappa shape index (κ3) is 19.0. The smallest absolute Gasteiger partial charge is 0.0631 e. The molecule has 0 rings (SSSR count). The Labute approximate surface area is 260 Å². The van der Waals surface area contributed by atoms with Crippen LogP contribution in [-0.2, 0) is 9.47 Å². The molecule has 236 valence electrons. The van der Waals surface area contributed by atoms with Crippen molar-refractivity contribution in [2.75, 3.05) is 13.2 Å². The molecule has 0 aromatic rings. The van der Waals surface area contributed by atoms with Crippen LogP contribution in [0.25, 0.3) is 0 Å². The summed E-state index contributed by atoms with van der Waals surface area (Å²) >= 11 is 9.98. The standard InChI is InChI=1S/C34H71O2PS2/c1-26(2)30(9,10)18-20-36-31(11,12)21-28(5,6)24-33(15,38)23-27(3,4)17-19-35-32(13,14)22-29(7,8)25-34(16,37)39/h26,38-39H,17-25,37H2,1-16H3. The molecule has 3 unspecified atom stereocenters. The van der Waals surface area contributed by atoms with Crippen LogP contribution in [0.2, 0.25) is 0 Å². The van der Waals surface area contributed by atoms with Crippen LogP contribution in [0.4, 0.5) is 0 Å². The third-order valence-electron chi connectivity index (χ3n) is 8.44. The second kappa shape index (κ2) is 14.2. The van der Waals surface area contributed by atoms with E-state index in [1.54, 1.807) is 0 Å². The summed E-state index contributed by atoms with van der Waals surface area (Å²) in [6, 6.07) is 0. The molecule has 5 heteroatoms. The van der Waals surface area contributed by atoms with Crippen LogP contribution in [0.5, 0.6) is 0 Å². The average Bonchev–Trinajstić information content (AvgIpc) is 2.53. The van der Waals surface area contributed by atoms with Crippen LogP contribution in [0, 0.1) is 27.6 Å². The Kier molecular flexibility index (Phi) is 14.6. The molecule has 39 heavy (non-hydrogen) atoms. The van der Waals surface area contributed by atoms with Gasteiger partial charge in [0, 0.05) is 22.4 Å². The minimum absolute atomic E-state index is 0.0572. The lowest BCUT2D eigenvalue weighted by Crippen LogP contribution is -2.38. The second-order valence-electron chi connectivity index (χ2n) is 18.1. The van der Waals surface area contributed by atoms with E-state index in [-0.39, 0.29) is 36.7 Å². The first-order valence-electron chi connectivity index (χ1n) is 15.4. The lowest BCUT2D eigenvalue weighted by Gasteiger charge is -2.43. The number of hydrogen-bond donors (Lipinski definition) is 2. The van der Waals surface area contributed by atoms with Gasteiger partial charge < -0.3 is 9.47 Å². The Morgan fingerprint density at radius 3 is 1.28 bits per heavy atom. The van der Waals surface area contributed by atoms with Gasteiger partial charge >= 0.3 is 0 Å². The van der Waals surface area contributed by atoms with Crippen molar-refractivity contribution in [2.24, 2.45) is 27.6 Å². The Hall–Kier alpha value is 1.05. The third-order valence-corrected chi connectivity index (χ3v) is 9.12. The highest BCUT2D eigenvalue weighted by Gasteiger charge is 2.39. The topological polar surface area (TPSA) is 18.5 Å². The van der Waals surface area contributed by atoms with Gasteiger partial charge in [0.15, 0.2) is 0 Å². The number of hydrogen-bond acceptors (Lipinski definition) is 4. The van der Waals surface area contributed by atoms with Gasteiger partial charge in [-0.15, -0.1) is 9.24 Å². The fourth-order valence-electron chi connectivity index (χ4n) is 7.20. The van der Waals surface area contributed by atoms with Gasteiger partial charge in [0.05, 0.1) is 11.2 Å². The summed E-state index contributed by atoms with van der Waals surface area (Å²) in [6.45, 7) is 38.5. The molecule has 0 fully saturated rings. The summed E-state index contributed by atoms with van der Waals surface area (Å²) in [5.74, 6) is 0.655. The zero-order valence-electron chi connectivity index (χ0n) is 29.2. The fraction of sp³-hybridized carbons (Fsp3) is 1.00. The van der Waals surface area contributed by atoms with Gasteiger partial charge in [0.1, 0.15) is 0 Å². The van der Waals surface area contributed by atoms with E-state index < -0.39 is 0 Å². The minimum atomic E-state index is -0.161. The van der Waals surface area contributed by atoms with E-state index in [1.807, 2.05) is 0 Å². The predicted octanol–water partition coefficient (Wildman–Crippen LogP) is 11.3. The summed E-state index contributed by atoms with van der Waals surface area (Å²) in [5.41, 5.74) is 0.436.